The maximum absolute atomic E-state index is 12.4. The minimum absolute atomic E-state index is 0.221. The molecule has 0 aliphatic heterocycles. The summed E-state index contributed by atoms with van der Waals surface area (Å²) in [5, 5.41) is 0. The average Bonchev–Trinajstić information content (AvgIpc) is 1.95. The van der Waals surface area contributed by atoms with Crippen LogP contribution in [-0.2, 0) is 0 Å². The Morgan fingerprint density at radius 2 is 2.20 bits per heavy atom. The summed E-state index contributed by atoms with van der Waals surface area (Å²) in [6.45, 7) is 0. The van der Waals surface area contributed by atoms with E-state index in [1.165, 1.54) is 0 Å². The van der Waals surface area contributed by atoms with Crippen LogP contribution in [0, 0.1) is 17.7 Å². The van der Waals surface area contributed by atoms with Crippen molar-refractivity contribution in [3.05, 3.63) is 35.4 Å². The fraction of sp³-hybridized carbons (Fsp3) is 0. The van der Waals surface area contributed by atoms with Gasteiger partial charge in [-0.25, -0.2) is 8.78 Å². The van der Waals surface area contributed by atoms with Crippen LogP contribution in [0.2, 0.25) is 0 Å². The molecule has 0 aliphatic rings. The van der Waals surface area contributed by atoms with Gasteiger partial charge in [-0.1, -0.05) is 6.07 Å². The van der Waals surface area contributed by atoms with E-state index in [2.05, 4.69) is 6.07 Å². The molecule has 3 heteroatoms. The second-order valence-corrected chi connectivity index (χ2v) is 1.67. The van der Waals surface area contributed by atoms with Crippen LogP contribution in [0.25, 0.3) is 0 Å². The monoisotopic (exact) mass is 141 g/mol. The SMILES string of the molecule is O=Cc1[c]ccc(F)c1F. The number of halogens is 2. The number of carbonyl (C=O) groups is 1. The summed E-state index contributed by atoms with van der Waals surface area (Å²) in [6, 6.07) is 4.30. The summed E-state index contributed by atoms with van der Waals surface area (Å²) in [7, 11) is 0. The van der Waals surface area contributed by atoms with Gasteiger partial charge in [-0.2, -0.15) is 0 Å². The zero-order valence-electron chi connectivity index (χ0n) is 4.90. The van der Waals surface area contributed by atoms with Crippen molar-refractivity contribution in [3.8, 4) is 0 Å². The van der Waals surface area contributed by atoms with E-state index in [-0.39, 0.29) is 11.8 Å². The molecule has 0 bridgehead atoms. The Labute approximate surface area is 56.3 Å². The molecule has 1 rings (SSSR count). The number of carbonyl (C=O) groups excluding carboxylic acids is 1. The van der Waals surface area contributed by atoms with Gasteiger partial charge in [-0.05, 0) is 12.1 Å². The lowest BCUT2D eigenvalue weighted by molar-refractivity contribution is 0.111. The molecule has 1 aromatic rings. The van der Waals surface area contributed by atoms with Crippen molar-refractivity contribution in [2.45, 2.75) is 0 Å². The fourth-order valence-electron chi connectivity index (χ4n) is 0.556. The maximum atomic E-state index is 12.4. The van der Waals surface area contributed by atoms with Crippen molar-refractivity contribution < 1.29 is 13.6 Å². The zero-order valence-corrected chi connectivity index (χ0v) is 4.90. The van der Waals surface area contributed by atoms with E-state index in [1.807, 2.05) is 0 Å². The van der Waals surface area contributed by atoms with Crippen LogP contribution in [0.4, 0.5) is 8.78 Å². The molecular formula is C7H3F2O. The van der Waals surface area contributed by atoms with Gasteiger partial charge in [-0.15, -0.1) is 0 Å². The summed E-state index contributed by atoms with van der Waals surface area (Å²) >= 11 is 0. The molecule has 51 valence electrons. The van der Waals surface area contributed by atoms with Gasteiger partial charge in [-0.3, -0.25) is 4.79 Å². The molecule has 0 amide bonds. The maximum Gasteiger partial charge on any atom is 0.169 e. The van der Waals surface area contributed by atoms with Gasteiger partial charge in [0.2, 0.25) is 0 Å². The van der Waals surface area contributed by atoms with Crippen molar-refractivity contribution >= 4 is 6.29 Å². The molecule has 0 aromatic heterocycles. The Morgan fingerprint density at radius 1 is 1.50 bits per heavy atom. The first kappa shape index (κ1) is 6.86. The van der Waals surface area contributed by atoms with E-state index >= 15 is 0 Å². The Balaban J connectivity index is 3.27. The predicted octanol–water partition coefficient (Wildman–Crippen LogP) is 1.58. The van der Waals surface area contributed by atoms with E-state index in [1.54, 1.807) is 0 Å². The molecule has 0 spiro atoms. The minimum atomic E-state index is -1.14. The molecule has 1 nitrogen and oxygen atoms in total. The van der Waals surface area contributed by atoms with Crippen LogP contribution in [-0.4, -0.2) is 6.29 Å². The summed E-state index contributed by atoms with van der Waals surface area (Å²) in [5.41, 5.74) is -0.375. The lowest BCUT2D eigenvalue weighted by Gasteiger charge is -1.91. The highest BCUT2D eigenvalue weighted by Gasteiger charge is 2.04. The van der Waals surface area contributed by atoms with Gasteiger partial charge >= 0.3 is 0 Å². The first-order valence-electron chi connectivity index (χ1n) is 2.56. The number of hydrogen-bond donors (Lipinski definition) is 0. The Morgan fingerprint density at radius 3 is 2.70 bits per heavy atom. The van der Waals surface area contributed by atoms with Gasteiger partial charge in [0.25, 0.3) is 0 Å². The third-order valence-electron chi connectivity index (χ3n) is 1.03. The van der Waals surface area contributed by atoms with Gasteiger partial charge in [0.1, 0.15) is 0 Å². The summed E-state index contributed by atoms with van der Waals surface area (Å²) in [4.78, 5) is 9.94. The van der Waals surface area contributed by atoms with Crippen LogP contribution in [0.15, 0.2) is 12.1 Å². The van der Waals surface area contributed by atoms with Crippen molar-refractivity contribution in [1.29, 1.82) is 0 Å². The van der Waals surface area contributed by atoms with Crippen LogP contribution >= 0.6 is 0 Å². The molecule has 0 aliphatic carbocycles. The molecule has 0 N–H and O–H groups in total. The molecule has 1 aromatic carbocycles. The average molecular weight is 141 g/mol. The number of benzene rings is 1. The van der Waals surface area contributed by atoms with Crippen molar-refractivity contribution in [3.63, 3.8) is 0 Å². The summed E-state index contributed by atoms with van der Waals surface area (Å²) in [6.07, 6.45) is 0.221. The van der Waals surface area contributed by atoms with Gasteiger partial charge in [0, 0.05) is 0 Å². The Hall–Kier alpha value is -1.25. The van der Waals surface area contributed by atoms with Crippen molar-refractivity contribution in [2.75, 3.05) is 0 Å². The number of aldehydes is 1. The van der Waals surface area contributed by atoms with Gasteiger partial charge in [0.05, 0.1) is 5.56 Å². The summed E-state index contributed by atoms with van der Waals surface area (Å²) < 4.78 is 24.6. The van der Waals surface area contributed by atoms with Gasteiger partial charge in [0.15, 0.2) is 17.9 Å². The van der Waals surface area contributed by atoms with Crippen LogP contribution in [0.3, 0.4) is 0 Å². The largest absolute Gasteiger partial charge is 0.298 e. The first-order chi connectivity index (χ1) is 4.75. The Kier molecular flexibility index (Phi) is 1.76. The highest BCUT2D eigenvalue weighted by atomic mass is 19.2. The second-order valence-electron chi connectivity index (χ2n) is 1.67. The number of hydrogen-bond acceptors (Lipinski definition) is 1. The second kappa shape index (κ2) is 2.56. The van der Waals surface area contributed by atoms with E-state index in [0.29, 0.717) is 0 Å². The Bertz CT molecular complexity index is 258. The lowest BCUT2D eigenvalue weighted by atomic mass is 10.2. The van der Waals surface area contributed by atoms with Crippen molar-refractivity contribution in [2.24, 2.45) is 0 Å². The van der Waals surface area contributed by atoms with Crippen LogP contribution < -0.4 is 0 Å². The fourth-order valence-corrected chi connectivity index (χ4v) is 0.556. The molecule has 10 heavy (non-hydrogen) atoms. The molecule has 0 heterocycles. The quantitative estimate of drug-likeness (QED) is 0.542. The highest BCUT2D eigenvalue weighted by Crippen LogP contribution is 2.07. The highest BCUT2D eigenvalue weighted by molar-refractivity contribution is 5.74. The van der Waals surface area contributed by atoms with Crippen molar-refractivity contribution in [1.82, 2.24) is 0 Å². The normalized spacial score (nSPS) is 9.40. The standard InChI is InChI=1S/C7H3F2O/c8-6-3-1-2-5(4-10)7(6)9/h1,3-4H. The van der Waals surface area contributed by atoms with E-state index in [9.17, 15) is 13.6 Å². The molecule has 0 saturated carbocycles. The minimum Gasteiger partial charge on any atom is -0.298 e. The molecule has 0 fully saturated rings. The van der Waals surface area contributed by atoms with Crippen LogP contribution in [0.5, 0.6) is 0 Å². The lowest BCUT2D eigenvalue weighted by Crippen LogP contribution is -1.90. The first-order valence-corrected chi connectivity index (χ1v) is 2.56. The third-order valence-corrected chi connectivity index (χ3v) is 1.03. The van der Waals surface area contributed by atoms with E-state index in [4.69, 9.17) is 0 Å². The summed E-state index contributed by atoms with van der Waals surface area (Å²) in [5.74, 6) is -2.17. The molecule has 0 saturated heterocycles. The smallest absolute Gasteiger partial charge is 0.169 e. The predicted molar refractivity (Wildman–Crippen MR) is 30.6 cm³/mol. The molecule has 1 radical (unpaired) electrons. The zero-order chi connectivity index (χ0) is 7.56. The molecular weight excluding hydrogens is 138 g/mol. The molecule has 0 unspecified atom stereocenters. The topological polar surface area (TPSA) is 17.1 Å². The molecule has 0 atom stereocenters. The van der Waals surface area contributed by atoms with E-state index in [0.717, 1.165) is 12.1 Å². The van der Waals surface area contributed by atoms with Gasteiger partial charge < -0.3 is 0 Å². The number of rotatable bonds is 1. The third kappa shape index (κ3) is 1.03. The van der Waals surface area contributed by atoms with E-state index < -0.39 is 11.6 Å². The van der Waals surface area contributed by atoms with Crippen LogP contribution in [0.1, 0.15) is 10.4 Å².